The smallest absolute Gasteiger partial charge is 0.324 e. The van der Waals surface area contributed by atoms with E-state index in [-0.39, 0.29) is 11.5 Å². The van der Waals surface area contributed by atoms with Crippen LogP contribution in [-0.4, -0.2) is 43.1 Å². The molecule has 0 radical (unpaired) electrons. The molecule has 1 aliphatic rings. The molecule has 0 spiro atoms. The number of alkyl halides is 3. The number of imidazole rings is 1. The third-order valence-corrected chi connectivity index (χ3v) is 5.05. The molecule has 1 fully saturated rings. The molecule has 1 amide bonds. The van der Waals surface area contributed by atoms with Gasteiger partial charge in [-0.2, -0.15) is 17.7 Å². The van der Waals surface area contributed by atoms with Crippen molar-refractivity contribution in [3.63, 3.8) is 0 Å². The fourth-order valence-corrected chi connectivity index (χ4v) is 3.38. The van der Waals surface area contributed by atoms with Crippen molar-refractivity contribution in [3.8, 4) is 0 Å². The average Bonchev–Trinajstić information content (AvgIpc) is 3.33. The second kappa shape index (κ2) is 7.43. The van der Waals surface area contributed by atoms with Crippen molar-refractivity contribution in [3.05, 3.63) is 57.9 Å². The van der Waals surface area contributed by atoms with E-state index in [0.29, 0.717) is 24.2 Å². The Morgan fingerprint density at radius 1 is 1.10 bits per heavy atom. The van der Waals surface area contributed by atoms with E-state index in [1.54, 1.807) is 18.0 Å². The minimum atomic E-state index is -4.39. The van der Waals surface area contributed by atoms with Gasteiger partial charge in [0.2, 0.25) is 0 Å². The van der Waals surface area contributed by atoms with Crippen molar-refractivity contribution in [2.45, 2.75) is 19.0 Å². The van der Waals surface area contributed by atoms with Crippen molar-refractivity contribution >= 4 is 29.3 Å². The monoisotopic (exact) mass is 417 g/mol. The third kappa shape index (κ3) is 3.60. The molecule has 7 nitrogen and oxygen atoms in total. The lowest BCUT2D eigenvalue weighted by Crippen LogP contribution is -2.38. The second-order valence-corrected chi connectivity index (χ2v) is 7.04. The van der Waals surface area contributed by atoms with Gasteiger partial charge in [0.1, 0.15) is 5.52 Å². The molecule has 0 N–H and O–H groups in total. The number of fused-ring (bicyclic) bond motifs is 1. The Hall–Kier alpha value is -3.43. The number of benzene rings is 1. The number of halogens is 3. The minimum Gasteiger partial charge on any atom is -0.324 e. The van der Waals surface area contributed by atoms with Crippen LogP contribution in [0.25, 0.3) is 23.3 Å². The first kappa shape index (κ1) is 19.9. The zero-order chi connectivity index (χ0) is 21.5. The molecule has 3 aromatic rings. The van der Waals surface area contributed by atoms with Crippen LogP contribution >= 0.6 is 0 Å². The predicted molar refractivity (Wildman–Crippen MR) is 105 cm³/mol. The van der Waals surface area contributed by atoms with Gasteiger partial charge in [-0.3, -0.25) is 4.57 Å². The maximum atomic E-state index is 12.8. The van der Waals surface area contributed by atoms with Crippen molar-refractivity contribution in [1.82, 2.24) is 24.0 Å². The van der Waals surface area contributed by atoms with Gasteiger partial charge in [0.25, 0.3) is 0 Å². The summed E-state index contributed by atoms with van der Waals surface area (Å²) in [7, 11) is 1.54. The van der Waals surface area contributed by atoms with Crippen LogP contribution in [0.5, 0.6) is 0 Å². The number of aryl methyl sites for hydroxylation is 1. The SMILES string of the molecule is Cn1c(=O)n(C(=O)N2CCCC2)c2nc(C=Cc3ccc(C(F)(F)F)cc3)ncc21. The van der Waals surface area contributed by atoms with Crippen molar-refractivity contribution < 1.29 is 18.0 Å². The highest BCUT2D eigenvalue weighted by Crippen LogP contribution is 2.29. The van der Waals surface area contributed by atoms with Crippen LogP contribution in [-0.2, 0) is 13.2 Å². The molecule has 1 saturated heterocycles. The van der Waals surface area contributed by atoms with E-state index in [1.165, 1.54) is 29.0 Å². The fourth-order valence-electron chi connectivity index (χ4n) is 3.38. The molecule has 10 heteroatoms. The highest BCUT2D eigenvalue weighted by molar-refractivity contribution is 5.87. The first-order valence-electron chi connectivity index (χ1n) is 9.35. The largest absolute Gasteiger partial charge is 0.416 e. The maximum Gasteiger partial charge on any atom is 0.416 e. The first-order chi connectivity index (χ1) is 14.3. The Morgan fingerprint density at radius 2 is 1.77 bits per heavy atom. The lowest BCUT2D eigenvalue weighted by Gasteiger charge is -2.14. The molecule has 0 atom stereocenters. The van der Waals surface area contributed by atoms with Gasteiger partial charge in [0, 0.05) is 20.1 Å². The van der Waals surface area contributed by atoms with Gasteiger partial charge in [0.05, 0.1) is 11.8 Å². The molecule has 1 aliphatic heterocycles. The average molecular weight is 417 g/mol. The van der Waals surface area contributed by atoms with Crippen LogP contribution in [0.3, 0.4) is 0 Å². The molecular weight excluding hydrogens is 399 g/mol. The van der Waals surface area contributed by atoms with Gasteiger partial charge in [-0.25, -0.2) is 19.6 Å². The van der Waals surface area contributed by atoms with E-state index in [2.05, 4.69) is 9.97 Å². The minimum absolute atomic E-state index is 0.196. The number of carbonyl (C=O) groups excluding carboxylic acids is 1. The summed E-state index contributed by atoms with van der Waals surface area (Å²) in [5.74, 6) is 0.232. The van der Waals surface area contributed by atoms with E-state index < -0.39 is 23.5 Å². The van der Waals surface area contributed by atoms with E-state index in [9.17, 15) is 22.8 Å². The van der Waals surface area contributed by atoms with Crippen LogP contribution in [0.2, 0.25) is 0 Å². The Bertz CT molecular complexity index is 1190. The third-order valence-electron chi connectivity index (χ3n) is 5.05. The Kier molecular flexibility index (Phi) is 4.92. The predicted octanol–water partition coefficient (Wildman–Crippen LogP) is 3.38. The molecule has 0 unspecified atom stereocenters. The molecule has 1 aromatic carbocycles. The van der Waals surface area contributed by atoms with Crippen molar-refractivity contribution in [2.75, 3.05) is 13.1 Å². The number of aromatic nitrogens is 4. The standard InChI is InChI=1S/C20H18F3N5O2/c1-26-15-12-24-16(9-6-13-4-7-14(8-5-13)20(21,22)23)25-17(15)28(18(26)29)19(30)27-10-2-3-11-27/h4-9,12H,2-3,10-11H2,1H3. The zero-order valence-electron chi connectivity index (χ0n) is 16.1. The summed E-state index contributed by atoms with van der Waals surface area (Å²) >= 11 is 0. The quantitative estimate of drug-likeness (QED) is 0.641. The first-order valence-corrected chi connectivity index (χ1v) is 9.35. The number of nitrogens with zero attached hydrogens (tertiary/aromatic N) is 5. The summed E-state index contributed by atoms with van der Waals surface area (Å²) < 4.78 is 40.4. The molecule has 0 saturated carbocycles. The molecular formula is C20H18F3N5O2. The van der Waals surface area contributed by atoms with Crippen LogP contribution in [0.15, 0.2) is 35.3 Å². The summed E-state index contributed by atoms with van der Waals surface area (Å²) in [6.45, 7) is 1.18. The molecule has 3 heterocycles. The number of likely N-dealkylation sites (tertiary alicyclic amines) is 1. The van der Waals surface area contributed by atoms with E-state index in [1.807, 2.05) is 0 Å². The van der Waals surface area contributed by atoms with Crippen LogP contribution in [0.1, 0.15) is 29.8 Å². The van der Waals surface area contributed by atoms with Gasteiger partial charge in [-0.1, -0.05) is 18.2 Å². The van der Waals surface area contributed by atoms with Gasteiger partial charge in [-0.05, 0) is 36.6 Å². The van der Waals surface area contributed by atoms with Crippen LogP contribution in [0, 0.1) is 0 Å². The lowest BCUT2D eigenvalue weighted by molar-refractivity contribution is -0.137. The molecule has 30 heavy (non-hydrogen) atoms. The Labute approximate surface area is 169 Å². The summed E-state index contributed by atoms with van der Waals surface area (Å²) in [5, 5.41) is 0. The molecule has 4 rings (SSSR count). The van der Waals surface area contributed by atoms with Crippen LogP contribution < -0.4 is 5.69 Å². The second-order valence-electron chi connectivity index (χ2n) is 7.04. The maximum absolute atomic E-state index is 12.8. The Morgan fingerprint density at radius 3 is 2.40 bits per heavy atom. The van der Waals surface area contributed by atoms with Gasteiger partial charge in [-0.15, -0.1) is 0 Å². The number of rotatable bonds is 2. The van der Waals surface area contributed by atoms with E-state index >= 15 is 0 Å². The normalized spacial score (nSPS) is 14.9. The zero-order valence-corrected chi connectivity index (χ0v) is 16.1. The van der Waals surface area contributed by atoms with Gasteiger partial charge in [0.15, 0.2) is 11.5 Å². The summed E-state index contributed by atoms with van der Waals surface area (Å²) in [6, 6.07) is 4.25. The van der Waals surface area contributed by atoms with Crippen LogP contribution in [0.4, 0.5) is 18.0 Å². The molecule has 156 valence electrons. The highest BCUT2D eigenvalue weighted by atomic mass is 19.4. The summed E-state index contributed by atoms with van der Waals surface area (Å²) in [5.41, 5.74) is -0.0860. The van der Waals surface area contributed by atoms with Gasteiger partial charge < -0.3 is 4.90 Å². The van der Waals surface area contributed by atoms with Crippen molar-refractivity contribution in [2.24, 2.45) is 7.05 Å². The number of hydrogen-bond donors (Lipinski definition) is 0. The molecule has 0 bridgehead atoms. The number of hydrogen-bond acceptors (Lipinski definition) is 4. The summed E-state index contributed by atoms with van der Waals surface area (Å²) in [4.78, 5) is 35.5. The van der Waals surface area contributed by atoms with E-state index in [4.69, 9.17) is 0 Å². The molecule has 2 aromatic heterocycles. The fraction of sp³-hybridized carbons (Fsp3) is 0.300. The lowest BCUT2D eigenvalue weighted by atomic mass is 10.1. The Balaban J connectivity index is 1.67. The molecule has 0 aliphatic carbocycles. The van der Waals surface area contributed by atoms with Gasteiger partial charge >= 0.3 is 17.9 Å². The summed E-state index contributed by atoms with van der Waals surface area (Å²) in [6.07, 6.45) is 1.92. The van der Waals surface area contributed by atoms with E-state index in [0.717, 1.165) is 29.5 Å². The number of carbonyl (C=O) groups is 1. The number of amides is 1. The topological polar surface area (TPSA) is 73.0 Å². The van der Waals surface area contributed by atoms with Crippen molar-refractivity contribution in [1.29, 1.82) is 0 Å². The highest BCUT2D eigenvalue weighted by Gasteiger charge is 2.30.